The number of hydrogen-bond donors (Lipinski definition) is 1. The number of nitrogens with two attached hydrogens (primary N) is 1. The van der Waals surface area contributed by atoms with Crippen LogP contribution in [0.4, 0.5) is 11.4 Å². The van der Waals surface area contributed by atoms with Gasteiger partial charge in [0.1, 0.15) is 11.5 Å². The maximum absolute atomic E-state index is 10.7. The van der Waals surface area contributed by atoms with Crippen LogP contribution in [0, 0.1) is 10.1 Å². The molecule has 0 fully saturated rings. The standard InChI is InChI=1S/C21H20N2O3/c1-21(2,15-3-7-17(22)8-4-15)16-5-11-19(12-6-16)26-20-13-9-18(10-14-20)23(24)25/h3-14H,22H2,1-2H3. The summed E-state index contributed by atoms with van der Waals surface area (Å²) in [5.41, 5.74) is 8.72. The first-order valence-corrected chi connectivity index (χ1v) is 8.25. The predicted octanol–water partition coefficient (Wildman–Crippen LogP) is 5.30. The topological polar surface area (TPSA) is 78.4 Å². The number of rotatable bonds is 5. The lowest BCUT2D eigenvalue weighted by Crippen LogP contribution is -2.18. The molecule has 2 N–H and O–H groups in total. The summed E-state index contributed by atoms with van der Waals surface area (Å²) < 4.78 is 5.76. The summed E-state index contributed by atoms with van der Waals surface area (Å²) >= 11 is 0. The fourth-order valence-corrected chi connectivity index (χ4v) is 2.78. The first-order valence-electron chi connectivity index (χ1n) is 8.25. The Balaban J connectivity index is 1.77. The van der Waals surface area contributed by atoms with E-state index in [4.69, 9.17) is 10.5 Å². The highest BCUT2D eigenvalue weighted by Crippen LogP contribution is 2.33. The molecule has 0 aromatic heterocycles. The fraction of sp³-hybridized carbons (Fsp3) is 0.143. The molecule has 3 aromatic carbocycles. The van der Waals surface area contributed by atoms with Crippen LogP contribution >= 0.6 is 0 Å². The zero-order chi connectivity index (χ0) is 18.7. The van der Waals surface area contributed by atoms with Crippen LogP contribution in [0.3, 0.4) is 0 Å². The van der Waals surface area contributed by atoms with Gasteiger partial charge in [0, 0.05) is 23.2 Å². The van der Waals surface area contributed by atoms with Crippen molar-refractivity contribution in [2.45, 2.75) is 19.3 Å². The number of ether oxygens (including phenoxy) is 1. The van der Waals surface area contributed by atoms with Gasteiger partial charge in [-0.05, 0) is 47.5 Å². The number of nitrogens with zero attached hydrogens (tertiary/aromatic N) is 1. The van der Waals surface area contributed by atoms with Gasteiger partial charge in [0.25, 0.3) is 5.69 Å². The molecule has 3 rings (SSSR count). The van der Waals surface area contributed by atoms with Gasteiger partial charge in [-0.1, -0.05) is 38.1 Å². The van der Waals surface area contributed by atoms with Crippen LogP contribution in [-0.4, -0.2) is 4.92 Å². The average molecular weight is 348 g/mol. The van der Waals surface area contributed by atoms with Crippen LogP contribution in [0.15, 0.2) is 72.8 Å². The van der Waals surface area contributed by atoms with Gasteiger partial charge in [0.05, 0.1) is 4.92 Å². The van der Waals surface area contributed by atoms with E-state index in [0.717, 1.165) is 11.3 Å². The maximum atomic E-state index is 10.7. The van der Waals surface area contributed by atoms with Crippen LogP contribution in [0.25, 0.3) is 0 Å². The third-order valence-corrected chi connectivity index (χ3v) is 4.49. The van der Waals surface area contributed by atoms with Crippen molar-refractivity contribution in [3.8, 4) is 11.5 Å². The third-order valence-electron chi connectivity index (χ3n) is 4.49. The molecule has 0 heterocycles. The third kappa shape index (κ3) is 3.67. The Labute approximate surface area is 152 Å². The van der Waals surface area contributed by atoms with E-state index in [0.29, 0.717) is 11.5 Å². The Kier molecular flexibility index (Phi) is 4.63. The molecule has 0 aliphatic carbocycles. The molecule has 0 spiro atoms. The Morgan fingerprint density at radius 3 is 1.69 bits per heavy atom. The monoisotopic (exact) mass is 348 g/mol. The van der Waals surface area contributed by atoms with Crippen LogP contribution in [0.1, 0.15) is 25.0 Å². The normalized spacial score (nSPS) is 11.2. The molecule has 3 aromatic rings. The van der Waals surface area contributed by atoms with E-state index in [1.165, 1.54) is 17.7 Å². The largest absolute Gasteiger partial charge is 0.457 e. The number of benzene rings is 3. The molecule has 0 saturated carbocycles. The van der Waals surface area contributed by atoms with E-state index < -0.39 is 4.92 Å². The van der Waals surface area contributed by atoms with Crippen molar-refractivity contribution < 1.29 is 9.66 Å². The molecule has 26 heavy (non-hydrogen) atoms. The Morgan fingerprint density at radius 1 is 0.808 bits per heavy atom. The summed E-state index contributed by atoms with van der Waals surface area (Å²) in [4.78, 5) is 10.3. The summed E-state index contributed by atoms with van der Waals surface area (Å²) in [6.07, 6.45) is 0. The molecule has 0 aliphatic heterocycles. The molecule has 0 radical (unpaired) electrons. The summed E-state index contributed by atoms with van der Waals surface area (Å²) in [6, 6.07) is 21.8. The number of nitrogen functional groups attached to an aromatic ring is 1. The van der Waals surface area contributed by atoms with Crippen molar-refractivity contribution in [3.05, 3.63) is 94.0 Å². The molecule has 0 unspecified atom stereocenters. The minimum absolute atomic E-state index is 0.0398. The minimum Gasteiger partial charge on any atom is -0.457 e. The quantitative estimate of drug-likeness (QED) is 0.386. The summed E-state index contributed by atoms with van der Waals surface area (Å²) in [5.74, 6) is 1.23. The molecule has 132 valence electrons. The van der Waals surface area contributed by atoms with Gasteiger partial charge in [0.2, 0.25) is 0 Å². The Morgan fingerprint density at radius 2 is 1.23 bits per heavy atom. The molecular formula is C21H20N2O3. The average Bonchev–Trinajstić information content (AvgIpc) is 2.63. The first kappa shape index (κ1) is 17.5. The number of nitro benzene ring substituents is 1. The molecular weight excluding hydrogens is 328 g/mol. The van der Waals surface area contributed by atoms with Gasteiger partial charge in [-0.25, -0.2) is 0 Å². The van der Waals surface area contributed by atoms with Crippen LogP contribution < -0.4 is 10.5 Å². The number of nitro groups is 1. The molecule has 0 atom stereocenters. The van der Waals surface area contributed by atoms with Crippen molar-refractivity contribution >= 4 is 11.4 Å². The van der Waals surface area contributed by atoms with E-state index >= 15 is 0 Å². The zero-order valence-corrected chi connectivity index (χ0v) is 14.7. The lowest BCUT2D eigenvalue weighted by Gasteiger charge is -2.26. The second-order valence-electron chi connectivity index (χ2n) is 6.62. The fourth-order valence-electron chi connectivity index (χ4n) is 2.78. The zero-order valence-electron chi connectivity index (χ0n) is 14.7. The lowest BCUT2D eigenvalue weighted by atomic mass is 9.78. The van der Waals surface area contributed by atoms with Crippen molar-refractivity contribution in [2.24, 2.45) is 0 Å². The van der Waals surface area contributed by atoms with Crippen molar-refractivity contribution in [1.29, 1.82) is 0 Å². The molecule has 0 aliphatic rings. The second-order valence-corrected chi connectivity index (χ2v) is 6.62. The van der Waals surface area contributed by atoms with Gasteiger partial charge in [-0.15, -0.1) is 0 Å². The highest BCUT2D eigenvalue weighted by Gasteiger charge is 2.22. The Hall–Kier alpha value is -3.34. The van der Waals surface area contributed by atoms with E-state index in [-0.39, 0.29) is 11.1 Å². The molecule has 5 heteroatoms. The van der Waals surface area contributed by atoms with Crippen molar-refractivity contribution in [3.63, 3.8) is 0 Å². The molecule has 0 amide bonds. The van der Waals surface area contributed by atoms with Gasteiger partial charge in [-0.3, -0.25) is 10.1 Å². The van der Waals surface area contributed by atoms with E-state index in [9.17, 15) is 10.1 Å². The minimum atomic E-state index is -0.433. The van der Waals surface area contributed by atoms with E-state index in [2.05, 4.69) is 13.8 Å². The predicted molar refractivity (Wildman–Crippen MR) is 103 cm³/mol. The van der Waals surface area contributed by atoms with E-state index in [1.807, 2.05) is 48.5 Å². The van der Waals surface area contributed by atoms with Crippen LogP contribution in [-0.2, 0) is 5.41 Å². The van der Waals surface area contributed by atoms with E-state index in [1.54, 1.807) is 12.1 Å². The molecule has 5 nitrogen and oxygen atoms in total. The SMILES string of the molecule is CC(C)(c1ccc(N)cc1)c1ccc(Oc2ccc([N+](=O)[O-])cc2)cc1. The first-order chi connectivity index (χ1) is 12.4. The molecule has 0 bridgehead atoms. The highest BCUT2D eigenvalue weighted by atomic mass is 16.6. The highest BCUT2D eigenvalue weighted by molar-refractivity contribution is 5.46. The van der Waals surface area contributed by atoms with Gasteiger partial charge in [0.15, 0.2) is 0 Å². The molecule has 0 saturated heterocycles. The summed E-state index contributed by atoms with van der Waals surface area (Å²) in [6.45, 7) is 4.31. The van der Waals surface area contributed by atoms with Crippen molar-refractivity contribution in [2.75, 3.05) is 5.73 Å². The lowest BCUT2D eigenvalue weighted by molar-refractivity contribution is -0.384. The maximum Gasteiger partial charge on any atom is 0.269 e. The number of hydrogen-bond acceptors (Lipinski definition) is 4. The summed E-state index contributed by atoms with van der Waals surface area (Å²) in [5, 5.41) is 10.7. The Bertz CT molecular complexity index is 899. The smallest absolute Gasteiger partial charge is 0.269 e. The van der Waals surface area contributed by atoms with Crippen LogP contribution in [0.2, 0.25) is 0 Å². The number of anilines is 1. The van der Waals surface area contributed by atoms with Gasteiger partial charge < -0.3 is 10.5 Å². The van der Waals surface area contributed by atoms with Crippen molar-refractivity contribution in [1.82, 2.24) is 0 Å². The summed E-state index contributed by atoms with van der Waals surface area (Å²) in [7, 11) is 0. The van der Waals surface area contributed by atoms with Crippen LogP contribution in [0.5, 0.6) is 11.5 Å². The van der Waals surface area contributed by atoms with Gasteiger partial charge >= 0.3 is 0 Å². The number of non-ortho nitro benzene ring substituents is 1. The second kappa shape index (κ2) is 6.88. The van der Waals surface area contributed by atoms with Gasteiger partial charge in [-0.2, -0.15) is 0 Å².